The number of hydrogen-bond acceptors (Lipinski definition) is 4. The van der Waals surface area contributed by atoms with E-state index in [0.29, 0.717) is 5.69 Å². The summed E-state index contributed by atoms with van der Waals surface area (Å²) < 4.78 is 5.39. The minimum atomic E-state index is -0.880. The third-order valence-electron chi connectivity index (χ3n) is 5.67. The van der Waals surface area contributed by atoms with Crippen molar-refractivity contribution < 1.29 is 19.1 Å². The van der Waals surface area contributed by atoms with Crippen molar-refractivity contribution in [3.05, 3.63) is 65.2 Å². The van der Waals surface area contributed by atoms with Gasteiger partial charge in [-0.2, -0.15) is 0 Å². The summed E-state index contributed by atoms with van der Waals surface area (Å²) in [6.45, 7) is 14.9. The highest BCUT2D eigenvalue weighted by Crippen LogP contribution is 2.28. The lowest BCUT2D eigenvalue weighted by Gasteiger charge is -2.35. The van der Waals surface area contributed by atoms with Crippen LogP contribution < -0.4 is 10.6 Å². The second-order valence-electron chi connectivity index (χ2n) is 10.1. The van der Waals surface area contributed by atoms with Gasteiger partial charge in [0.1, 0.15) is 17.7 Å². The van der Waals surface area contributed by atoms with Crippen LogP contribution in [-0.2, 0) is 14.3 Å². The number of nitrogens with one attached hydrogen (secondary N) is 2. The third-order valence-corrected chi connectivity index (χ3v) is 5.67. The normalized spacial score (nSPS) is 13.1. The van der Waals surface area contributed by atoms with E-state index in [1.165, 1.54) is 4.90 Å². The van der Waals surface area contributed by atoms with E-state index >= 15 is 0 Å². The molecule has 0 radical (unpaired) electrons. The third kappa shape index (κ3) is 7.57. The average molecular weight is 482 g/mol. The topological polar surface area (TPSA) is 87.7 Å². The van der Waals surface area contributed by atoms with E-state index in [1.54, 1.807) is 20.8 Å². The fourth-order valence-electron chi connectivity index (χ4n) is 3.85. The predicted molar refractivity (Wildman–Crippen MR) is 139 cm³/mol. The summed E-state index contributed by atoms with van der Waals surface area (Å²) in [5.74, 6) is -0.883. The summed E-state index contributed by atoms with van der Waals surface area (Å²) in [5, 5.41) is 5.72. The molecule has 0 saturated heterocycles. The van der Waals surface area contributed by atoms with Crippen LogP contribution in [0.4, 0.5) is 10.5 Å². The van der Waals surface area contributed by atoms with Gasteiger partial charge in [0.2, 0.25) is 5.91 Å². The van der Waals surface area contributed by atoms with Crippen LogP contribution in [-0.4, -0.2) is 41.0 Å². The summed E-state index contributed by atoms with van der Waals surface area (Å²) >= 11 is 0. The number of anilines is 1. The molecule has 7 nitrogen and oxygen atoms in total. The zero-order valence-electron chi connectivity index (χ0n) is 22.1. The number of benzene rings is 2. The highest BCUT2D eigenvalue weighted by molar-refractivity contribution is 5.99. The van der Waals surface area contributed by atoms with Crippen molar-refractivity contribution in [1.29, 1.82) is 0 Å². The molecule has 0 spiro atoms. The van der Waals surface area contributed by atoms with E-state index in [2.05, 4.69) is 10.6 Å². The van der Waals surface area contributed by atoms with Crippen LogP contribution in [0.2, 0.25) is 0 Å². The number of alkyl carbamates (subject to hydrolysis) is 1. The number of carbonyl (C=O) groups is 3. The fourth-order valence-corrected chi connectivity index (χ4v) is 3.85. The first kappa shape index (κ1) is 27.9. The Labute approximate surface area is 209 Å². The first-order valence-electron chi connectivity index (χ1n) is 12.1. The van der Waals surface area contributed by atoms with E-state index in [4.69, 9.17) is 4.74 Å². The molecule has 2 aromatic carbocycles. The summed E-state index contributed by atoms with van der Waals surface area (Å²) in [6, 6.07) is 13.3. The van der Waals surface area contributed by atoms with Crippen LogP contribution in [0.1, 0.15) is 64.3 Å². The van der Waals surface area contributed by atoms with Gasteiger partial charge in [-0.3, -0.25) is 9.59 Å². The van der Waals surface area contributed by atoms with Crippen LogP contribution in [0.5, 0.6) is 0 Å². The molecule has 0 aliphatic heterocycles. The molecule has 0 bridgehead atoms. The van der Waals surface area contributed by atoms with E-state index in [1.807, 2.05) is 83.1 Å². The van der Waals surface area contributed by atoms with Gasteiger partial charge in [-0.1, -0.05) is 56.3 Å². The van der Waals surface area contributed by atoms with Gasteiger partial charge in [-0.05, 0) is 70.2 Å². The van der Waals surface area contributed by atoms with Gasteiger partial charge in [-0.15, -0.1) is 0 Å². The highest BCUT2D eigenvalue weighted by Gasteiger charge is 2.37. The van der Waals surface area contributed by atoms with Crippen molar-refractivity contribution in [3.8, 4) is 0 Å². The standard InChI is InChI=1S/C28H39N3O4/c1-9-31(26(33)23(18(2)3)30-27(34)35-28(6,7)8)24(21-16-12-10-14-19(21)4)25(32)29-22-17-13-11-15-20(22)5/h10-18,23-24H,9H2,1-8H3,(H,29,32)(H,30,34). The molecule has 7 heteroatoms. The molecule has 0 aliphatic carbocycles. The van der Waals surface area contributed by atoms with Gasteiger partial charge < -0.3 is 20.3 Å². The molecule has 0 saturated carbocycles. The number of rotatable bonds is 8. The van der Waals surface area contributed by atoms with Crippen LogP contribution >= 0.6 is 0 Å². The van der Waals surface area contributed by atoms with E-state index < -0.39 is 23.8 Å². The lowest BCUT2D eigenvalue weighted by Crippen LogP contribution is -2.54. The summed E-state index contributed by atoms with van der Waals surface area (Å²) in [7, 11) is 0. The highest BCUT2D eigenvalue weighted by atomic mass is 16.6. The van der Waals surface area contributed by atoms with E-state index in [-0.39, 0.29) is 24.3 Å². The Balaban J connectivity index is 2.46. The quantitative estimate of drug-likeness (QED) is 0.530. The Kier molecular flexibility index (Phi) is 9.46. The molecule has 2 atom stereocenters. The number of amides is 3. The lowest BCUT2D eigenvalue weighted by atomic mass is 9.96. The van der Waals surface area contributed by atoms with E-state index in [9.17, 15) is 14.4 Å². The molecular weight excluding hydrogens is 442 g/mol. The fraction of sp³-hybridized carbons (Fsp3) is 0.464. The van der Waals surface area contributed by atoms with Crippen LogP contribution in [0.3, 0.4) is 0 Å². The molecule has 0 aliphatic rings. The van der Waals surface area contributed by atoms with Crippen molar-refractivity contribution >= 4 is 23.6 Å². The molecule has 2 unspecified atom stereocenters. The Morgan fingerprint density at radius 2 is 1.51 bits per heavy atom. The predicted octanol–water partition coefficient (Wildman–Crippen LogP) is 5.38. The maximum atomic E-state index is 13.8. The van der Waals surface area contributed by atoms with Crippen LogP contribution in [0.15, 0.2) is 48.5 Å². The van der Waals surface area contributed by atoms with Crippen LogP contribution in [0.25, 0.3) is 0 Å². The SMILES string of the molecule is CCN(C(=O)C(NC(=O)OC(C)(C)C)C(C)C)C(C(=O)Nc1ccccc1C)c1ccccc1C. The van der Waals surface area contributed by atoms with Gasteiger partial charge in [0.25, 0.3) is 5.91 Å². The smallest absolute Gasteiger partial charge is 0.408 e. The van der Waals surface area contributed by atoms with Crippen molar-refractivity contribution in [3.63, 3.8) is 0 Å². The molecule has 190 valence electrons. The zero-order chi connectivity index (χ0) is 26.3. The Morgan fingerprint density at radius 1 is 0.943 bits per heavy atom. The molecule has 0 fully saturated rings. The summed E-state index contributed by atoms with van der Waals surface area (Å²) in [5.41, 5.74) is 2.53. The number of aryl methyl sites for hydroxylation is 2. The Hall–Kier alpha value is -3.35. The van der Waals surface area contributed by atoms with E-state index in [0.717, 1.165) is 16.7 Å². The van der Waals surface area contributed by atoms with Crippen molar-refractivity contribution in [2.45, 2.75) is 73.1 Å². The number of para-hydroxylation sites is 1. The van der Waals surface area contributed by atoms with Crippen molar-refractivity contribution in [2.75, 3.05) is 11.9 Å². The largest absolute Gasteiger partial charge is 0.444 e. The van der Waals surface area contributed by atoms with Crippen LogP contribution in [0, 0.1) is 19.8 Å². The summed E-state index contributed by atoms with van der Waals surface area (Å²) in [4.78, 5) is 41.6. The molecule has 2 N–H and O–H groups in total. The maximum absolute atomic E-state index is 13.8. The molecule has 0 heterocycles. The van der Waals surface area contributed by atoms with Gasteiger partial charge >= 0.3 is 6.09 Å². The number of carbonyl (C=O) groups excluding carboxylic acids is 3. The van der Waals surface area contributed by atoms with Gasteiger partial charge in [-0.25, -0.2) is 4.79 Å². The second-order valence-corrected chi connectivity index (χ2v) is 10.1. The summed E-state index contributed by atoms with van der Waals surface area (Å²) in [6.07, 6.45) is -0.669. The maximum Gasteiger partial charge on any atom is 0.408 e. The minimum Gasteiger partial charge on any atom is -0.444 e. The first-order valence-corrected chi connectivity index (χ1v) is 12.1. The second kappa shape index (κ2) is 11.9. The number of ether oxygens (including phenoxy) is 1. The average Bonchev–Trinajstić information content (AvgIpc) is 2.76. The van der Waals surface area contributed by atoms with Gasteiger partial charge in [0.15, 0.2) is 0 Å². The lowest BCUT2D eigenvalue weighted by molar-refractivity contribution is -0.141. The van der Waals surface area contributed by atoms with Crippen molar-refractivity contribution in [2.24, 2.45) is 5.92 Å². The molecular formula is C28H39N3O4. The molecule has 2 rings (SSSR count). The number of hydrogen-bond donors (Lipinski definition) is 2. The molecule has 0 aromatic heterocycles. The van der Waals surface area contributed by atoms with Gasteiger partial charge in [0, 0.05) is 12.2 Å². The Bertz CT molecular complexity index is 1040. The number of nitrogens with zero attached hydrogens (tertiary/aromatic N) is 1. The minimum absolute atomic E-state index is 0.221. The first-order chi connectivity index (χ1) is 16.4. The Morgan fingerprint density at radius 3 is 2.03 bits per heavy atom. The monoisotopic (exact) mass is 481 g/mol. The zero-order valence-corrected chi connectivity index (χ0v) is 22.1. The van der Waals surface area contributed by atoms with Gasteiger partial charge in [0.05, 0.1) is 0 Å². The molecule has 2 aromatic rings. The molecule has 3 amide bonds. The number of likely N-dealkylation sites (N-methyl/N-ethyl adjacent to an activating group) is 1. The van der Waals surface area contributed by atoms with Crippen molar-refractivity contribution in [1.82, 2.24) is 10.2 Å². The molecule has 35 heavy (non-hydrogen) atoms.